The minimum absolute atomic E-state index is 0.0529. The number of methoxy groups -OCH3 is 2. The monoisotopic (exact) mass is 254 g/mol. The van der Waals surface area contributed by atoms with Crippen molar-refractivity contribution in [3.63, 3.8) is 0 Å². The lowest BCUT2D eigenvalue weighted by Gasteiger charge is -2.11. The van der Waals surface area contributed by atoms with Crippen molar-refractivity contribution in [2.45, 2.75) is 25.8 Å². The van der Waals surface area contributed by atoms with E-state index in [0.717, 1.165) is 12.0 Å². The number of rotatable bonds is 6. The van der Waals surface area contributed by atoms with E-state index in [1.807, 2.05) is 6.92 Å². The maximum atomic E-state index is 11.0. The number of nitro groups is 1. The number of hydrogen-bond donors (Lipinski definition) is 1. The molecular formula is C12H18N2O4. The Morgan fingerprint density at radius 3 is 2.50 bits per heavy atom. The van der Waals surface area contributed by atoms with Gasteiger partial charge in [0.2, 0.25) is 5.75 Å². The second kappa shape index (κ2) is 6.20. The van der Waals surface area contributed by atoms with Crippen LogP contribution in [0.4, 0.5) is 5.69 Å². The average Bonchev–Trinajstić information content (AvgIpc) is 2.34. The van der Waals surface area contributed by atoms with Crippen molar-refractivity contribution in [3.05, 3.63) is 27.8 Å². The Balaban J connectivity index is 3.14. The van der Waals surface area contributed by atoms with E-state index < -0.39 is 4.92 Å². The van der Waals surface area contributed by atoms with E-state index in [4.69, 9.17) is 15.2 Å². The van der Waals surface area contributed by atoms with Crippen LogP contribution in [0, 0.1) is 10.1 Å². The molecule has 1 aromatic rings. The Kier molecular flexibility index (Phi) is 4.91. The van der Waals surface area contributed by atoms with Crippen LogP contribution in [0.25, 0.3) is 0 Å². The van der Waals surface area contributed by atoms with Gasteiger partial charge in [0.05, 0.1) is 19.1 Å². The molecule has 0 bridgehead atoms. The maximum Gasteiger partial charge on any atom is 0.315 e. The number of hydrogen-bond acceptors (Lipinski definition) is 5. The van der Waals surface area contributed by atoms with Crippen LogP contribution in [0.3, 0.4) is 0 Å². The van der Waals surface area contributed by atoms with Crippen molar-refractivity contribution in [1.29, 1.82) is 0 Å². The highest BCUT2D eigenvalue weighted by Crippen LogP contribution is 2.38. The molecule has 1 rings (SSSR count). The summed E-state index contributed by atoms with van der Waals surface area (Å²) in [6.45, 7) is 1.90. The molecule has 0 aromatic heterocycles. The molecule has 1 unspecified atom stereocenters. The summed E-state index contributed by atoms with van der Waals surface area (Å²) in [5.74, 6) is 0.512. The van der Waals surface area contributed by atoms with Crippen LogP contribution < -0.4 is 15.2 Å². The lowest BCUT2D eigenvalue weighted by molar-refractivity contribution is -0.385. The predicted octanol–water partition coefficient (Wildman–Crippen LogP) is 1.89. The number of nitrogens with two attached hydrogens (primary N) is 1. The highest BCUT2D eigenvalue weighted by molar-refractivity contribution is 5.58. The van der Waals surface area contributed by atoms with Gasteiger partial charge in [0.1, 0.15) is 0 Å². The number of ether oxygens (including phenoxy) is 2. The van der Waals surface area contributed by atoms with Crippen LogP contribution in [0.1, 0.15) is 18.9 Å². The van der Waals surface area contributed by atoms with Gasteiger partial charge in [-0.05, 0) is 31.4 Å². The van der Waals surface area contributed by atoms with Crippen molar-refractivity contribution in [1.82, 2.24) is 0 Å². The van der Waals surface area contributed by atoms with E-state index in [1.54, 1.807) is 6.07 Å². The zero-order valence-electron chi connectivity index (χ0n) is 10.8. The van der Waals surface area contributed by atoms with Crippen molar-refractivity contribution in [2.24, 2.45) is 5.73 Å². The Hall–Kier alpha value is -1.82. The maximum absolute atomic E-state index is 11.0. The van der Waals surface area contributed by atoms with Crippen molar-refractivity contribution < 1.29 is 14.4 Å². The SMILES string of the molecule is COc1cc(CCC(C)N)cc([N+](=O)[O-])c1OC. The fraction of sp³-hybridized carbons (Fsp3) is 0.500. The van der Waals surface area contributed by atoms with E-state index >= 15 is 0 Å². The molecule has 6 heteroatoms. The topological polar surface area (TPSA) is 87.6 Å². The number of nitrogens with zero attached hydrogens (tertiary/aromatic N) is 1. The van der Waals surface area contributed by atoms with E-state index in [2.05, 4.69) is 0 Å². The van der Waals surface area contributed by atoms with Gasteiger partial charge in [0.15, 0.2) is 5.75 Å². The van der Waals surface area contributed by atoms with Crippen molar-refractivity contribution >= 4 is 5.69 Å². The van der Waals surface area contributed by atoms with Gasteiger partial charge < -0.3 is 15.2 Å². The molecule has 0 saturated heterocycles. The van der Waals surface area contributed by atoms with Crippen LogP contribution in [0.5, 0.6) is 11.5 Å². The second-order valence-electron chi connectivity index (χ2n) is 4.12. The molecule has 2 N–H and O–H groups in total. The molecular weight excluding hydrogens is 236 g/mol. The van der Waals surface area contributed by atoms with E-state index in [9.17, 15) is 10.1 Å². The number of aryl methyl sites for hydroxylation is 1. The first-order valence-electron chi connectivity index (χ1n) is 5.64. The molecule has 0 radical (unpaired) electrons. The van der Waals surface area contributed by atoms with Crippen LogP contribution in [-0.2, 0) is 6.42 Å². The smallest absolute Gasteiger partial charge is 0.315 e. The molecule has 0 aliphatic heterocycles. The second-order valence-corrected chi connectivity index (χ2v) is 4.12. The summed E-state index contributed by atoms with van der Waals surface area (Å²) in [6.07, 6.45) is 1.42. The Morgan fingerprint density at radius 1 is 1.39 bits per heavy atom. The predicted molar refractivity (Wildman–Crippen MR) is 68.2 cm³/mol. The first-order valence-corrected chi connectivity index (χ1v) is 5.64. The molecule has 0 aliphatic rings. The Morgan fingerprint density at radius 2 is 2.06 bits per heavy atom. The minimum Gasteiger partial charge on any atom is -0.493 e. The Labute approximate surface area is 106 Å². The normalized spacial score (nSPS) is 12.0. The fourth-order valence-corrected chi connectivity index (χ4v) is 1.67. The average molecular weight is 254 g/mol. The molecule has 0 amide bonds. The summed E-state index contributed by atoms with van der Waals surface area (Å²) in [6, 6.07) is 3.30. The summed E-state index contributed by atoms with van der Waals surface area (Å²) in [7, 11) is 2.84. The van der Waals surface area contributed by atoms with Gasteiger partial charge in [-0.25, -0.2) is 0 Å². The Bertz CT molecular complexity index is 432. The summed E-state index contributed by atoms with van der Waals surface area (Å²) < 4.78 is 10.1. The third-order valence-electron chi connectivity index (χ3n) is 2.60. The molecule has 18 heavy (non-hydrogen) atoms. The van der Waals surface area contributed by atoms with Gasteiger partial charge in [-0.2, -0.15) is 0 Å². The molecule has 6 nitrogen and oxygen atoms in total. The molecule has 0 heterocycles. The van der Waals surface area contributed by atoms with Gasteiger partial charge in [-0.3, -0.25) is 10.1 Å². The highest BCUT2D eigenvalue weighted by Gasteiger charge is 2.21. The molecule has 0 aliphatic carbocycles. The van der Waals surface area contributed by atoms with Gasteiger partial charge in [-0.1, -0.05) is 0 Å². The summed E-state index contributed by atoms with van der Waals surface area (Å²) >= 11 is 0. The number of nitro benzene ring substituents is 1. The summed E-state index contributed by atoms with van der Waals surface area (Å²) in [5, 5.41) is 11.0. The quantitative estimate of drug-likeness (QED) is 0.618. The molecule has 1 atom stereocenters. The number of benzene rings is 1. The first kappa shape index (κ1) is 14.2. The summed E-state index contributed by atoms with van der Waals surface area (Å²) in [4.78, 5) is 10.5. The summed E-state index contributed by atoms with van der Waals surface area (Å²) in [5.41, 5.74) is 6.40. The standard InChI is InChI=1S/C12H18N2O4/c1-8(13)4-5-9-6-10(14(15)16)12(18-3)11(7-9)17-2/h6-8H,4-5,13H2,1-3H3. The third-order valence-corrected chi connectivity index (χ3v) is 2.60. The van der Waals surface area contributed by atoms with Crippen molar-refractivity contribution in [2.75, 3.05) is 14.2 Å². The van der Waals surface area contributed by atoms with Gasteiger partial charge >= 0.3 is 5.69 Å². The van der Waals surface area contributed by atoms with Crippen LogP contribution in [0.15, 0.2) is 12.1 Å². The first-order chi connectivity index (χ1) is 8.49. The lowest BCUT2D eigenvalue weighted by Crippen LogP contribution is -2.15. The van der Waals surface area contributed by atoms with Crippen LogP contribution in [0.2, 0.25) is 0 Å². The zero-order valence-corrected chi connectivity index (χ0v) is 10.8. The van der Waals surface area contributed by atoms with E-state index in [1.165, 1.54) is 20.3 Å². The molecule has 0 fully saturated rings. The van der Waals surface area contributed by atoms with Crippen LogP contribution >= 0.6 is 0 Å². The van der Waals surface area contributed by atoms with Crippen molar-refractivity contribution in [3.8, 4) is 11.5 Å². The van der Waals surface area contributed by atoms with E-state index in [-0.39, 0.29) is 17.5 Å². The lowest BCUT2D eigenvalue weighted by atomic mass is 10.0. The highest BCUT2D eigenvalue weighted by atomic mass is 16.6. The fourth-order valence-electron chi connectivity index (χ4n) is 1.67. The van der Waals surface area contributed by atoms with E-state index in [0.29, 0.717) is 12.2 Å². The third kappa shape index (κ3) is 3.33. The zero-order chi connectivity index (χ0) is 13.7. The molecule has 1 aromatic carbocycles. The minimum atomic E-state index is -0.475. The molecule has 100 valence electrons. The van der Waals surface area contributed by atoms with Gasteiger partial charge in [0, 0.05) is 12.1 Å². The van der Waals surface area contributed by atoms with Crippen LogP contribution in [-0.4, -0.2) is 25.2 Å². The molecule has 0 spiro atoms. The van der Waals surface area contributed by atoms with Gasteiger partial charge in [-0.15, -0.1) is 0 Å². The van der Waals surface area contributed by atoms with Gasteiger partial charge in [0.25, 0.3) is 0 Å². The molecule has 0 saturated carbocycles. The largest absolute Gasteiger partial charge is 0.493 e.